The van der Waals surface area contributed by atoms with Crippen LogP contribution in [0.1, 0.15) is 36.0 Å². The third-order valence-electron chi connectivity index (χ3n) is 5.02. The first-order chi connectivity index (χ1) is 13.4. The molecule has 1 aliphatic rings. The molecule has 28 heavy (non-hydrogen) atoms. The van der Waals surface area contributed by atoms with Gasteiger partial charge in [0.25, 0.3) is 5.91 Å². The van der Waals surface area contributed by atoms with Gasteiger partial charge in [-0.05, 0) is 49.8 Å². The first-order valence-electron chi connectivity index (χ1n) is 9.43. The summed E-state index contributed by atoms with van der Waals surface area (Å²) in [4.78, 5) is 23.2. The van der Waals surface area contributed by atoms with E-state index in [0.717, 1.165) is 31.5 Å². The minimum atomic E-state index is -0.218. The molecule has 1 aliphatic carbocycles. The fourth-order valence-electron chi connectivity index (χ4n) is 3.40. The Balaban J connectivity index is 1.47. The van der Waals surface area contributed by atoms with Gasteiger partial charge in [-0.2, -0.15) is 4.98 Å². The summed E-state index contributed by atoms with van der Waals surface area (Å²) in [6, 6.07) is 7.31. The molecular formula is C20H25Cl2N5O. The fourth-order valence-corrected chi connectivity index (χ4v) is 3.97. The standard InChI is InChI=1S/C20H25Cl2N5O/c1-27(2)17-10-11-23-20(26-17)25-14-8-6-13(7-9-14)12-24-19(28)18-15(21)4-3-5-16(18)22/h3-5,10-11,13-14H,6-9,12H2,1-2H3,(H,24,28)(H,23,25,26)/t13-,14+. The fraction of sp³-hybridized carbons (Fsp3) is 0.450. The maximum atomic E-state index is 12.4. The van der Waals surface area contributed by atoms with E-state index in [1.54, 1.807) is 24.4 Å². The lowest BCUT2D eigenvalue weighted by molar-refractivity contribution is 0.0943. The molecule has 1 saturated carbocycles. The topological polar surface area (TPSA) is 70.2 Å². The Labute approximate surface area is 175 Å². The maximum Gasteiger partial charge on any atom is 0.254 e. The first-order valence-corrected chi connectivity index (χ1v) is 10.2. The zero-order valence-electron chi connectivity index (χ0n) is 16.1. The maximum absolute atomic E-state index is 12.4. The number of rotatable bonds is 6. The Morgan fingerprint density at radius 3 is 2.46 bits per heavy atom. The normalized spacial score (nSPS) is 19.1. The number of amides is 1. The Hall–Kier alpha value is -2.05. The van der Waals surface area contributed by atoms with Gasteiger partial charge in [0.1, 0.15) is 5.82 Å². The third-order valence-corrected chi connectivity index (χ3v) is 5.65. The van der Waals surface area contributed by atoms with Crippen LogP contribution in [0.15, 0.2) is 30.5 Å². The number of aromatic nitrogens is 2. The van der Waals surface area contributed by atoms with Crippen molar-refractivity contribution < 1.29 is 4.79 Å². The van der Waals surface area contributed by atoms with Crippen molar-refractivity contribution in [3.05, 3.63) is 46.1 Å². The van der Waals surface area contributed by atoms with Crippen molar-refractivity contribution in [2.75, 3.05) is 30.9 Å². The zero-order chi connectivity index (χ0) is 20.1. The number of carbonyl (C=O) groups excluding carboxylic acids is 1. The van der Waals surface area contributed by atoms with Gasteiger partial charge >= 0.3 is 0 Å². The summed E-state index contributed by atoms with van der Waals surface area (Å²) < 4.78 is 0. The van der Waals surface area contributed by atoms with Crippen molar-refractivity contribution in [2.45, 2.75) is 31.7 Å². The first kappa shape index (κ1) is 20.7. The van der Waals surface area contributed by atoms with Gasteiger partial charge in [-0.15, -0.1) is 0 Å². The van der Waals surface area contributed by atoms with Gasteiger partial charge in [0, 0.05) is 32.9 Å². The molecule has 6 nitrogen and oxygen atoms in total. The molecule has 0 atom stereocenters. The highest BCUT2D eigenvalue weighted by atomic mass is 35.5. The predicted molar refractivity (Wildman–Crippen MR) is 115 cm³/mol. The molecule has 3 rings (SSSR count). The van der Waals surface area contributed by atoms with E-state index in [1.807, 2.05) is 25.1 Å². The SMILES string of the molecule is CN(C)c1ccnc(N[C@H]2CC[C@@H](CNC(=O)c3c(Cl)cccc3Cl)CC2)n1. The molecule has 1 heterocycles. The summed E-state index contributed by atoms with van der Waals surface area (Å²) in [5, 5.41) is 7.15. The van der Waals surface area contributed by atoms with Crippen molar-refractivity contribution in [3.63, 3.8) is 0 Å². The molecule has 8 heteroatoms. The van der Waals surface area contributed by atoms with Crippen molar-refractivity contribution in [3.8, 4) is 0 Å². The molecule has 2 aromatic rings. The van der Waals surface area contributed by atoms with Gasteiger partial charge in [0.05, 0.1) is 15.6 Å². The van der Waals surface area contributed by atoms with Gasteiger partial charge < -0.3 is 15.5 Å². The van der Waals surface area contributed by atoms with E-state index in [4.69, 9.17) is 23.2 Å². The summed E-state index contributed by atoms with van der Waals surface area (Å²) >= 11 is 12.2. The van der Waals surface area contributed by atoms with E-state index in [9.17, 15) is 4.79 Å². The lowest BCUT2D eigenvalue weighted by Gasteiger charge is -2.29. The van der Waals surface area contributed by atoms with E-state index >= 15 is 0 Å². The average Bonchev–Trinajstić information content (AvgIpc) is 2.67. The molecule has 0 spiro atoms. The summed E-state index contributed by atoms with van der Waals surface area (Å²) in [6.07, 6.45) is 5.86. The molecule has 0 unspecified atom stereocenters. The van der Waals surface area contributed by atoms with Crippen LogP contribution in [0.3, 0.4) is 0 Å². The number of nitrogens with zero attached hydrogens (tertiary/aromatic N) is 3. The lowest BCUT2D eigenvalue weighted by Crippen LogP contribution is -2.34. The van der Waals surface area contributed by atoms with E-state index < -0.39 is 0 Å². The highest BCUT2D eigenvalue weighted by Crippen LogP contribution is 2.27. The van der Waals surface area contributed by atoms with E-state index in [2.05, 4.69) is 20.6 Å². The number of benzene rings is 1. The summed E-state index contributed by atoms with van der Waals surface area (Å²) in [6.45, 7) is 0.625. The number of hydrogen-bond acceptors (Lipinski definition) is 5. The smallest absolute Gasteiger partial charge is 0.254 e. The number of halogens is 2. The largest absolute Gasteiger partial charge is 0.363 e. The van der Waals surface area contributed by atoms with Crippen LogP contribution in [-0.4, -0.2) is 42.6 Å². The Morgan fingerprint density at radius 1 is 1.14 bits per heavy atom. The van der Waals surface area contributed by atoms with Crippen LogP contribution in [0.25, 0.3) is 0 Å². The third kappa shape index (κ3) is 5.26. The number of carbonyl (C=O) groups is 1. The van der Waals surface area contributed by atoms with Gasteiger partial charge in [-0.25, -0.2) is 4.98 Å². The Kier molecular flexibility index (Phi) is 6.97. The number of hydrogen-bond donors (Lipinski definition) is 2. The summed E-state index contributed by atoms with van der Waals surface area (Å²) in [5.74, 6) is 1.77. The van der Waals surface area contributed by atoms with Crippen molar-refractivity contribution in [2.24, 2.45) is 5.92 Å². The Bertz CT molecular complexity index is 802. The summed E-state index contributed by atoms with van der Waals surface area (Å²) in [7, 11) is 3.92. The molecule has 0 bridgehead atoms. The molecule has 1 aromatic heterocycles. The van der Waals surface area contributed by atoms with Gasteiger partial charge in [0.2, 0.25) is 5.95 Å². The van der Waals surface area contributed by atoms with Crippen molar-refractivity contribution in [1.82, 2.24) is 15.3 Å². The summed E-state index contributed by atoms with van der Waals surface area (Å²) in [5.41, 5.74) is 0.346. The highest BCUT2D eigenvalue weighted by Gasteiger charge is 2.23. The molecule has 0 radical (unpaired) electrons. The second-order valence-corrected chi connectivity index (χ2v) is 8.12. The molecule has 0 aliphatic heterocycles. The van der Waals surface area contributed by atoms with Crippen molar-refractivity contribution in [1.29, 1.82) is 0 Å². The van der Waals surface area contributed by atoms with Crippen LogP contribution in [0.5, 0.6) is 0 Å². The van der Waals surface area contributed by atoms with Crippen LogP contribution in [0.2, 0.25) is 10.0 Å². The minimum Gasteiger partial charge on any atom is -0.363 e. The van der Waals surface area contributed by atoms with Crippen LogP contribution in [-0.2, 0) is 0 Å². The highest BCUT2D eigenvalue weighted by molar-refractivity contribution is 6.39. The Morgan fingerprint density at radius 2 is 1.82 bits per heavy atom. The van der Waals surface area contributed by atoms with Gasteiger partial charge in [-0.3, -0.25) is 4.79 Å². The van der Waals surface area contributed by atoms with Gasteiger partial charge in [-0.1, -0.05) is 29.3 Å². The van der Waals surface area contributed by atoms with Crippen LogP contribution >= 0.6 is 23.2 Å². The van der Waals surface area contributed by atoms with Gasteiger partial charge in [0.15, 0.2) is 0 Å². The molecule has 2 N–H and O–H groups in total. The van der Waals surface area contributed by atoms with E-state index in [1.165, 1.54) is 0 Å². The monoisotopic (exact) mass is 421 g/mol. The van der Waals surface area contributed by atoms with Crippen LogP contribution in [0.4, 0.5) is 11.8 Å². The van der Waals surface area contributed by atoms with Crippen LogP contribution in [0, 0.1) is 5.92 Å². The molecule has 150 valence electrons. The lowest BCUT2D eigenvalue weighted by atomic mass is 9.86. The molecule has 1 fully saturated rings. The van der Waals surface area contributed by atoms with Crippen molar-refractivity contribution >= 4 is 40.9 Å². The predicted octanol–water partition coefficient (Wildman–Crippen LogP) is 4.25. The van der Waals surface area contributed by atoms with E-state index in [0.29, 0.717) is 40.1 Å². The van der Waals surface area contributed by atoms with Crippen LogP contribution < -0.4 is 15.5 Å². The zero-order valence-corrected chi connectivity index (χ0v) is 17.6. The molecule has 0 saturated heterocycles. The number of anilines is 2. The molecular weight excluding hydrogens is 397 g/mol. The molecule has 1 aromatic carbocycles. The average molecular weight is 422 g/mol. The second-order valence-electron chi connectivity index (χ2n) is 7.30. The minimum absolute atomic E-state index is 0.218. The quantitative estimate of drug-likeness (QED) is 0.729. The molecule has 1 amide bonds. The number of nitrogens with one attached hydrogen (secondary N) is 2. The van der Waals surface area contributed by atoms with E-state index in [-0.39, 0.29) is 5.91 Å². The second kappa shape index (κ2) is 9.43.